The molecular weight excluding hydrogens is 460 g/mol. The van der Waals surface area contributed by atoms with Gasteiger partial charge in [-0.3, -0.25) is 9.59 Å². The van der Waals surface area contributed by atoms with Crippen LogP contribution in [0.5, 0.6) is 17.2 Å². The first-order valence-electron chi connectivity index (χ1n) is 12.1. The van der Waals surface area contributed by atoms with Crippen molar-refractivity contribution in [3.8, 4) is 17.2 Å². The van der Waals surface area contributed by atoms with Crippen LogP contribution in [0.3, 0.4) is 0 Å². The average molecular weight is 497 g/mol. The van der Waals surface area contributed by atoms with Gasteiger partial charge in [0.05, 0.1) is 32.4 Å². The summed E-state index contributed by atoms with van der Waals surface area (Å²) in [5.74, 6) is 0.298. The molecule has 0 bridgehead atoms. The van der Waals surface area contributed by atoms with Crippen molar-refractivity contribution in [3.63, 3.8) is 0 Å². The van der Waals surface area contributed by atoms with Crippen LogP contribution in [-0.4, -0.2) is 74.6 Å². The topological polar surface area (TPSA) is 88.5 Å². The molecule has 0 radical (unpaired) electrons. The first kappa shape index (κ1) is 27.1. The Labute approximate surface area is 213 Å². The van der Waals surface area contributed by atoms with Gasteiger partial charge in [-0.05, 0) is 63.3 Å². The van der Waals surface area contributed by atoms with Crippen LogP contribution in [0.15, 0.2) is 48.0 Å². The molecule has 0 saturated carbocycles. The zero-order valence-electron chi connectivity index (χ0n) is 21.9. The van der Waals surface area contributed by atoms with Gasteiger partial charge in [-0.15, -0.1) is 0 Å². The molecule has 1 N–H and O–H groups in total. The number of aliphatic hydroxyl groups excluding tert-OH is 1. The number of rotatable bonds is 11. The molecule has 2 aromatic rings. The van der Waals surface area contributed by atoms with Crippen LogP contribution in [0.25, 0.3) is 5.76 Å². The number of hydrogen-bond acceptors (Lipinski definition) is 7. The molecule has 2 aromatic carbocycles. The number of ether oxygens (including phenoxy) is 3. The number of carbonyl (C=O) groups is 2. The SMILES string of the molecule is COc1cccc([C@@H]2/C(=C(\O)c3ccc(OCC(C)C)cc3)C(=O)C(=O)N2CCCN(C)C)c1OC. The lowest BCUT2D eigenvalue weighted by atomic mass is 9.94. The summed E-state index contributed by atoms with van der Waals surface area (Å²) in [7, 11) is 6.94. The minimum Gasteiger partial charge on any atom is -0.507 e. The summed E-state index contributed by atoms with van der Waals surface area (Å²) in [6, 6.07) is 11.3. The highest BCUT2D eigenvalue weighted by Gasteiger charge is 2.47. The molecule has 194 valence electrons. The maximum Gasteiger partial charge on any atom is 0.295 e. The largest absolute Gasteiger partial charge is 0.507 e. The number of methoxy groups -OCH3 is 2. The minimum atomic E-state index is -0.825. The minimum absolute atomic E-state index is 0.0206. The van der Waals surface area contributed by atoms with E-state index in [0.717, 1.165) is 6.54 Å². The van der Waals surface area contributed by atoms with Crippen molar-refractivity contribution in [2.75, 3.05) is 48.0 Å². The van der Waals surface area contributed by atoms with Gasteiger partial charge in [-0.2, -0.15) is 0 Å². The fraction of sp³-hybridized carbons (Fsp3) is 0.429. The van der Waals surface area contributed by atoms with E-state index in [2.05, 4.69) is 13.8 Å². The normalized spacial score (nSPS) is 17.2. The van der Waals surface area contributed by atoms with Gasteiger partial charge in [0.2, 0.25) is 0 Å². The van der Waals surface area contributed by atoms with E-state index >= 15 is 0 Å². The van der Waals surface area contributed by atoms with E-state index in [-0.39, 0.29) is 11.3 Å². The van der Waals surface area contributed by atoms with Gasteiger partial charge in [0.15, 0.2) is 11.5 Å². The van der Waals surface area contributed by atoms with Crippen molar-refractivity contribution in [3.05, 3.63) is 59.2 Å². The molecular formula is C28H36N2O6. The third kappa shape index (κ3) is 5.82. The summed E-state index contributed by atoms with van der Waals surface area (Å²) >= 11 is 0. The lowest BCUT2D eigenvalue weighted by Crippen LogP contribution is -2.32. The molecule has 8 heteroatoms. The number of likely N-dealkylation sites (tertiary alicyclic amines) is 1. The molecule has 0 unspecified atom stereocenters. The number of benzene rings is 2. The van der Waals surface area contributed by atoms with Crippen LogP contribution < -0.4 is 14.2 Å². The fourth-order valence-corrected chi connectivity index (χ4v) is 4.25. The molecule has 0 aliphatic carbocycles. The summed E-state index contributed by atoms with van der Waals surface area (Å²) in [5.41, 5.74) is 1.01. The number of carbonyl (C=O) groups excluding carboxylic acids is 2. The Kier molecular flexibility index (Phi) is 8.98. The second-order valence-electron chi connectivity index (χ2n) is 9.46. The Morgan fingerprint density at radius 3 is 2.33 bits per heavy atom. The highest BCUT2D eigenvalue weighted by molar-refractivity contribution is 6.46. The van der Waals surface area contributed by atoms with Crippen molar-refractivity contribution in [1.29, 1.82) is 0 Å². The summed E-state index contributed by atoms with van der Waals surface area (Å²) in [6.45, 7) is 5.77. The van der Waals surface area contributed by atoms with E-state index in [9.17, 15) is 14.7 Å². The molecule has 0 spiro atoms. The van der Waals surface area contributed by atoms with E-state index in [0.29, 0.717) is 53.9 Å². The predicted molar refractivity (Wildman–Crippen MR) is 139 cm³/mol. The van der Waals surface area contributed by atoms with Crippen LogP contribution >= 0.6 is 0 Å². The van der Waals surface area contributed by atoms with Gasteiger partial charge < -0.3 is 29.1 Å². The zero-order chi connectivity index (χ0) is 26.4. The molecule has 1 saturated heterocycles. The number of nitrogens with zero attached hydrogens (tertiary/aromatic N) is 2. The van der Waals surface area contributed by atoms with Gasteiger partial charge >= 0.3 is 0 Å². The average Bonchev–Trinajstić information content (AvgIpc) is 3.11. The van der Waals surface area contributed by atoms with Crippen molar-refractivity contribution in [2.45, 2.75) is 26.3 Å². The van der Waals surface area contributed by atoms with E-state index in [4.69, 9.17) is 14.2 Å². The van der Waals surface area contributed by atoms with Crippen molar-refractivity contribution in [2.24, 2.45) is 5.92 Å². The second-order valence-corrected chi connectivity index (χ2v) is 9.46. The number of para-hydroxylation sites is 1. The number of aliphatic hydroxyl groups is 1. The van der Waals surface area contributed by atoms with Gasteiger partial charge in [-0.1, -0.05) is 26.0 Å². The number of ketones is 1. The Bertz CT molecular complexity index is 1110. The Balaban J connectivity index is 2.10. The van der Waals surface area contributed by atoms with Gasteiger partial charge in [0.1, 0.15) is 11.5 Å². The highest BCUT2D eigenvalue weighted by atomic mass is 16.5. The number of hydrogen-bond donors (Lipinski definition) is 1. The van der Waals surface area contributed by atoms with E-state index < -0.39 is 17.7 Å². The lowest BCUT2D eigenvalue weighted by molar-refractivity contribution is -0.140. The van der Waals surface area contributed by atoms with Crippen LogP contribution in [-0.2, 0) is 9.59 Å². The van der Waals surface area contributed by atoms with Crippen LogP contribution in [0.2, 0.25) is 0 Å². The fourth-order valence-electron chi connectivity index (χ4n) is 4.25. The number of Topliss-reactive ketones (excluding diaryl/α,β-unsaturated/α-hetero) is 1. The van der Waals surface area contributed by atoms with E-state index in [1.54, 1.807) is 42.5 Å². The Morgan fingerprint density at radius 1 is 1.06 bits per heavy atom. The zero-order valence-corrected chi connectivity index (χ0v) is 21.9. The van der Waals surface area contributed by atoms with Crippen molar-refractivity contribution >= 4 is 17.4 Å². The van der Waals surface area contributed by atoms with Crippen LogP contribution in [0, 0.1) is 5.92 Å². The third-order valence-electron chi connectivity index (χ3n) is 5.98. The molecule has 3 rings (SSSR count). The highest BCUT2D eigenvalue weighted by Crippen LogP contribution is 2.45. The number of amides is 1. The quantitative estimate of drug-likeness (QED) is 0.285. The third-order valence-corrected chi connectivity index (χ3v) is 5.98. The molecule has 8 nitrogen and oxygen atoms in total. The molecule has 1 fully saturated rings. The van der Waals surface area contributed by atoms with Gasteiger partial charge in [-0.25, -0.2) is 0 Å². The summed E-state index contributed by atoms with van der Waals surface area (Å²) in [4.78, 5) is 30.0. The van der Waals surface area contributed by atoms with Crippen molar-refractivity contribution < 1.29 is 28.9 Å². The Hall–Kier alpha value is -3.52. The second kappa shape index (κ2) is 11.9. The standard InChI is InChI=1S/C28H36N2O6/c1-18(2)17-36-20-13-11-19(12-14-20)25(31)23-24(21-9-7-10-22(34-5)27(21)35-6)30(28(33)26(23)32)16-8-15-29(3)4/h7,9-14,18,24,31H,8,15-17H2,1-6H3/b25-23+/t24-/m1/s1. The summed E-state index contributed by atoms with van der Waals surface area (Å²) in [5, 5.41) is 11.3. The maximum absolute atomic E-state index is 13.3. The summed E-state index contributed by atoms with van der Waals surface area (Å²) in [6.07, 6.45) is 0.657. The molecule has 1 heterocycles. The molecule has 1 amide bonds. The van der Waals surface area contributed by atoms with E-state index in [1.165, 1.54) is 19.1 Å². The van der Waals surface area contributed by atoms with Crippen molar-refractivity contribution in [1.82, 2.24) is 9.80 Å². The van der Waals surface area contributed by atoms with Gasteiger partial charge in [0, 0.05) is 17.7 Å². The first-order valence-corrected chi connectivity index (χ1v) is 12.1. The predicted octanol–water partition coefficient (Wildman–Crippen LogP) is 4.11. The monoisotopic (exact) mass is 496 g/mol. The van der Waals surface area contributed by atoms with Crippen LogP contribution in [0.1, 0.15) is 37.4 Å². The molecule has 36 heavy (non-hydrogen) atoms. The maximum atomic E-state index is 13.3. The Morgan fingerprint density at radius 2 is 1.75 bits per heavy atom. The van der Waals surface area contributed by atoms with Gasteiger partial charge in [0.25, 0.3) is 11.7 Å². The van der Waals surface area contributed by atoms with Crippen LogP contribution in [0.4, 0.5) is 0 Å². The first-order chi connectivity index (χ1) is 17.2. The lowest BCUT2D eigenvalue weighted by Gasteiger charge is -2.27. The molecule has 0 aromatic heterocycles. The smallest absolute Gasteiger partial charge is 0.295 e. The molecule has 1 aliphatic heterocycles. The molecule has 1 aliphatic rings. The summed E-state index contributed by atoms with van der Waals surface area (Å²) < 4.78 is 16.8. The van der Waals surface area contributed by atoms with E-state index in [1.807, 2.05) is 19.0 Å². The molecule has 1 atom stereocenters.